The molecule has 0 bridgehead atoms. The smallest absolute Gasteiger partial charge is 0.126 e. The Labute approximate surface area is 110 Å². The van der Waals surface area contributed by atoms with Crippen molar-refractivity contribution < 1.29 is 0 Å². The summed E-state index contributed by atoms with van der Waals surface area (Å²) in [4.78, 5) is 4.40. The summed E-state index contributed by atoms with van der Waals surface area (Å²) in [6, 6.07) is 2.84. The Kier molecular flexibility index (Phi) is 3.43. The van der Waals surface area contributed by atoms with Gasteiger partial charge in [-0.1, -0.05) is 19.3 Å². The molecule has 0 spiro atoms. The Balaban J connectivity index is 1.77. The number of hydrogen-bond acceptors (Lipinski definition) is 4. The predicted octanol–water partition coefficient (Wildman–Crippen LogP) is 4.62. The van der Waals surface area contributed by atoms with Crippen molar-refractivity contribution in [1.29, 1.82) is 0 Å². The fourth-order valence-electron chi connectivity index (χ4n) is 2.38. The fourth-order valence-corrected chi connectivity index (χ4v) is 3.98. The number of thiophene rings is 1. The van der Waals surface area contributed by atoms with Crippen molar-refractivity contribution >= 4 is 27.7 Å². The van der Waals surface area contributed by atoms with Gasteiger partial charge in [-0.2, -0.15) is 0 Å². The third-order valence-corrected chi connectivity index (χ3v) is 4.92. The highest BCUT2D eigenvalue weighted by atomic mass is 32.1. The van der Waals surface area contributed by atoms with Crippen LogP contribution in [0.4, 0.5) is 5.00 Å². The monoisotopic (exact) mass is 264 g/mol. The normalized spacial score (nSPS) is 17.2. The van der Waals surface area contributed by atoms with Gasteiger partial charge in [0, 0.05) is 23.2 Å². The van der Waals surface area contributed by atoms with Crippen LogP contribution in [-0.4, -0.2) is 11.0 Å². The standard InChI is InChI=1S/C13H16N2S2/c1-2-4-10(5-3-1)15-13-11(6-8-16-13)12-14-7-9-17-12/h6-10,15H,1-5H2. The summed E-state index contributed by atoms with van der Waals surface area (Å²) in [7, 11) is 0. The van der Waals surface area contributed by atoms with Crippen LogP contribution in [0.5, 0.6) is 0 Å². The van der Waals surface area contributed by atoms with Crippen molar-refractivity contribution in [3.63, 3.8) is 0 Å². The van der Waals surface area contributed by atoms with Crippen molar-refractivity contribution in [2.75, 3.05) is 5.32 Å². The van der Waals surface area contributed by atoms with Crippen LogP contribution in [0.15, 0.2) is 23.0 Å². The fraction of sp³-hybridized carbons (Fsp3) is 0.462. The van der Waals surface area contributed by atoms with E-state index in [1.54, 1.807) is 22.7 Å². The van der Waals surface area contributed by atoms with Gasteiger partial charge in [0.15, 0.2) is 0 Å². The second kappa shape index (κ2) is 5.19. The van der Waals surface area contributed by atoms with E-state index in [9.17, 15) is 0 Å². The van der Waals surface area contributed by atoms with E-state index in [0.717, 1.165) is 5.01 Å². The molecule has 0 saturated heterocycles. The molecule has 1 aliphatic carbocycles. The molecule has 3 rings (SSSR count). The third-order valence-electron chi connectivity index (χ3n) is 3.27. The van der Waals surface area contributed by atoms with Crippen LogP contribution in [0.1, 0.15) is 32.1 Å². The number of thiazole rings is 1. The van der Waals surface area contributed by atoms with E-state index in [4.69, 9.17) is 0 Å². The van der Waals surface area contributed by atoms with Crippen molar-refractivity contribution in [2.45, 2.75) is 38.1 Å². The molecule has 2 heterocycles. The topological polar surface area (TPSA) is 24.9 Å². The Bertz CT molecular complexity index is 455. The zero-order valence-corrected chi connectivity index (χ0v) is 11.3. The van der Waals surface area contributed by atoms with E-state index in [0.29, 0.717) is 6.04 Å². The molecule has 90 valence electrons. The molecule has 4 heteroatoms. The molecule has 0 radical (unpaired) electrons. The molecule has 0 unspecified atom stereocenters. The average molecular weight is 264 g/mol. The van der Waals surface area contributed by atoms with Gasteiger partial charge in [-0.05, 0) is 24.3 Å². The van der Waals surface area contributed by atoms with Gasteiger partial charge in [-0.25, -0.2) is 4.98 Å². The number of rotatable bonds is 3. The second-order valence-corrected chi connectivity index (χ2v) is 6.29. The van der Waals surface area contributed by atoms with Crippen molar-refractivity contribution in [1.82, 2.24) is 4.98 Å². The van der Waals surface area contributed by atoms with Crippen LogP contribution >= 0.6 is 22.7 Å². The van der Waals surface area contributed by atoms with E-state index in [1.165, 1.54) is 42.7 Å². The van der Waals surface area contributed by atoms with Crippen LogP contribution in [-0.2, 0) is 0 Å². The number of nitrogens with zero attached hydrogens (tertiary/aromatic N) is 1. The maximum Gasteiger partial charge on any atom is 0.126 e. The summed E-state index contributed by atoms with van der Waals surface area (Å²) in [6.45, 7) is 0. The maximum absolute atomic E-state index is 4.40. The number of nitrogens with one attached hydrogen (secondary N) is 1. The summed E-state index contributed by atoms with van der Waals surface area (Å²) in [5, 5.41) is 10.3. The molecule has 2 aromatic heterocycles. The SMILES string of the molecule is c1csc(-c2ccsc2NC2CCCCC2)n1. The molecule has 17 heavy (non-hydrogen) atoms. The molecule has 0 aliphatic heterocycles. The first-order valence-electron chi connectivity index (χ1n) is 6.17. The van der Waals surface area contributed by atoms with Crippen LogP contribution in [0, 0.1) is 0 Å². The third kappa shape index (κ3) is 2.53. The van der Waals surface area contributed by atoms with Gasteiger partial charge >= 0.3 is 0 Å². The molecule has 0 aromatic carbocycles. The molecule has 0 atom stereocenters. The summed E-state index contributed by atoms with van der Waals surface area (Å²) in [5.74, 6) is 0. The summed E-state index contributed by atoms with van der Waals surface area (Å²) < 4.78 is 0. The van der Waals surface area contributed by atoms with Crippen LogP contribution in [0.25, 0.3) is 10.6 Å². The minimum absolute atomic E-state index is 0.668. The van der Waals surface area contributed by atoms with Gasteiger partial charge in [-0.15, -0.1) is 22.7 Å². The lowest BCUT2D eigenvalue weighted by atomic mass is 9.95. The summed E-state index contributed by atoms with van der Waals surface area (Å²) in [5.41, 5.74) is 1.27. The summed E-state index contributed by atoms with van der Waals surface area (Å²) in [6.07, 6.45) is 8.65. The number of hydrogen-bond donors (Lipinski definition) is 1. The number of anilines is 1. The minimum atomic E-state index is 0.668. The molecule has 1 fully saturated rings. The lowest BCUT2D eigenvalue weighted by Gasteiger charge is -2.23. The summed E-state index contributed by atoms with van der Waals surface area (Å²) >= 11 is 3.51. The largest absolute Gasteiger partial charge is 0.374 e. The average Bonchev–Trinajstić information content (AvgIpc) is 3.00. The van der Waals surface area contributed by atoms with Crippen molar-refractivity contribution in [3.8, 4) is 10.6 Å². The van der Waals surface area contributed by atoms with E-state index >= 15 is 0 Å². The van der Waals surface area contributed by atoms with E-state index in [1.807, 2.05) is 11.6 Å². The molecule has 0 amide bonds. The zero-order valence-electron chi connectivity index (χ0n) is 9.69. The Hall–Kier alpha value is -0.870. The Morgan fingerprint density at radius 1 is 1.12 bits per heavy atom. The first-order valence-corrected chi connectivity index (χ1v) is 7.93. The van der Waals surface area contributed by atoms with Crippen LogP contribution < -0.4 is 5.32 Å². The van der Waals surface area contributed by atoms with E-state index < -0.39 is 0 Å². The van der Waals surface area contributed by atoms with Gasteiger partial charge in [0.2, 0.25) is 0 Å². The minimum Gasteiger partial charge on any atom is -0.374 e. The predicted molar refractivity (Wildman–Crippen MR) is 75.9 cm³/mol. The lowest BCUT2D eigenvalue weighted by Crippen LogP contribution is -2.21. The van der Waals surface area contributed by atoms with Gasteiger partial charge in [0.25, 0.3) is 0 Å². The number of aromatic nitrogens is 1. The molecule has 2 nitrogen and oxygen atoms in total. The molecule has 2 aromatic rings. The molecule has 1 aliphatic rings. The highest BCUT2D eigenvalue weighted by Gasteiger charge is 2.16. The molecule has 1 N–H and O–H groups in total. The quantitative estimate of drug-likeness (QED) is 0.875. The van der Waals surface area contributed by atoms with Gasteiger partial charge in [0.1, 0.15) is 5.01 Å². The zero-order chi connectivity index (χ0) is 11.5. The molecule has 1 saturated carbocycles. The van der Waals surface area contributed by atoms with E-state index in [-0.39, 0.29) is 0 Å². The van der Waals surface area contributed by atoms with Crippen LogP contribution in [0.2, 0.25) is 0 Å². The van der Waals surface area contributed by atoms with Crippen molar-refractivity contribution in [3.05, 3.63) is 23.0 Å². The second-order valence-electron chi connectivity index (χ2n) is 4.48. The molecular weight excluding hydrogens is 248 g/mol. The first kappa shape index (κ1) is 11.2. The van der Waals surface area contributed by atoms with Gasteiger partial charge in [-0.3, -0.25) is 0 Å². The highest BCUT2D eigenvalue weighted by molar-refractivity contribution is 7.16. The maximum atomic E-state index is 4.40. The molecular formula is C13H16N2S2. The van der Waals surface area contributed by atoms with E-state index in [2.05, 4.69) is 21.7 Å². The van der Waals surface area contributed by atoms with Gasteiger partial charge < -0.3 is 5.32 Å². The first-order chi connectivity index (χ1) is 8.43. The van der Waals surface area contributed by atoms with Crippen LogP contribution in [0.3, 0.4) is 0 Å². The lowest BCUT2D eigenvalue weighted by molar-refractivity contribution is 0.463. The van der Waals surface area contributed by atoms with Gasteiger partial charge in [0.05, 0.1) is 5.00 Å². The highest BCUT2D eigenvalue weighted by Crippen LogP contribution is 2.35. The van der Waals surface area contributed by atoms with Crippen molar-refractivity contribution in [2.24, 2.45) is 0 Å². The Morgan fingerprint density at radius 2 is 2.00 bits per heavy atom. The Morgan fingerprint density at radius 3 is 2.76 bits per heavy atom.